The Morgan fingerprint density at radius 2 is 2.06 bits per heavy atom. The molecule has 0 amide bonds. The number of nitrogens with zero attached hydrogens (tertiary/aromatic N) is 2. The Morgan fingerprint density at radius 1 is 1.44 bits per heavy atom. The van der Waals surface area contributed by atoms with Crippen molar-refractivity contribution in [2.45, 2.75) is 29.9 Å². The molecule has 1 unspecified atom stereocenters. The molecule has 1 rings (SSSR count). The van der Waals surface area contributed by atoms with Gasteiger partial charge in [-0.25, -0.2) is 18.4 Å². The van der Waals surface area contributed by atoms with Crippen LogP contribution in [0, 0.1) is 0 Å². The minimum atomic E-state index is -4.71. The Bertz CT molecular complexity index is 519. The van der Waals surface area contributed by atoms with Crippen molar-refractivity contribution >= 4 is 21.4 Å². The van der Waals surface area contributed by atoms with Crippen LogP contribution in [-0.2, 0) is 16.0 Å². The van der Waals surface area contributed by atoms with E-state index in [1.165, 1.54) is 6.92 Å². The average molecular weight is 303 g/mol. The van der Waals surface area contributed by atoms with E-state index in [9.17, 15) is 21.6 Å². The standard InChI is InChI=1S/C9H10ClF3N2O2S/c1-6(2-4-10)18(16,17)8-14-5-3-7(15-8)9(11,12)13/h3,5-6H,2,4H2,1H3. The van der Waals surface area contributed by atoms with Crippen LogP contribution in [0.2, 0.25) is 0 Å². The maximum absolute atomic E-state index is 12.4. The predicted octanol–water partition coefficient (Wildman–Crippen LogP) is 2.29. The summed E-state index contributed by atoms with van der Waals surface area (Å²) < 4.78 is 60.9. The Kier molecular flexibility index (Phi) is 4.55. The van der Waals surface area contributed by atoms with Crippen molar-refractivity contribution in [2.75, 3.05) is 5.88 Å². The molecule has 0 saturated heterocycles. The first-order valence-electron chi connectivity index (χ1n) is 4.89. The molecule has 0 saturated carbocycles. The van der Waals surface area contributed by atoms with Crippen LogP contribution in [0.25, 0.3) is 0 Å². The summed E-state index contributed by atoms with van der Waals surface area (Å²) in [5.41, 5.74) is -1.28. The highest BCUT2D eigenvalue weighted by Gasteiger charge is 2.35. The minimum absolute atomic E-state index is 0.0827. The molecule has 0 radical (unpaired) electrons. The third kappa shape index (κ3) is 3.32. The van der Waals surface area contributed by atoms with Gasteiger partial charge in [0, 0.05) is 12.1 Å². The first-order valence-corrected chi connectivity index (χ1v) is 6.97. The Labute approximate surface area is 107 Å². The summed E-state index contributed by atoms with van der Waals surface area (Å²) >= 11 is 5.41. The van der Waals surface area contributed by atoms with Crippen LogP contribution in [0.4, 0.5) is 13.2 Å². The van der Waals surface area contributed by atoms with Crippen molar-refractivity contribution < 1.29 is 21.6 Å². The lowest BCUT2D eigenvalue weighted by atomic mass is 10.4. The van der Waals surface area contributed by atoms with E-state index in [1.807, 2.05) is 0 Å². The highest BCUT2D eigenvalue weighted by molar-refractivity contribution is 7.91. The van der Waals surface area contributed by atoms with Gasteiger partial charge >= 0.3 is 6.18 Å². The predicted molar refractivity (Wildman–Crippen MR) is 59.0 cm³/mol. The highest BCUT2D eigenvalue weighted by Crippen LogP contribution is 2.28. The van der Waals surface area contributed by atoms with Crippen LogP contribution in [-0.4, -0.2) is 29.5 Å². The van der Waals surface area contributed by atoms with Gasteiger partial charge in [0.05, 0.1) is 5.25 Å². The zero-order chi connectivity index (χ0) is 14.0. The summed E-state index contributed by atoms with van der Waals surface area (Å²) in [6.45, 7) is 1.35. The summed E-state index contributed by atoms with van der Waals surface area (Å²) in [5, 5.41) is -1.76. The maximum Gasteiger partial charge on any atom is 0.433 e. The van der Waals surface area contributed by atoms with Crippen LogP contribution in [0.5, 0.6) is 0 Å². The highest BCUT2D eigenvalue weighted by atomic mass is 35.5. The fraction of sp³-hybridized carbons (Fsp3) is 0.556. The zero-order valence-electron chi connectivity index (χ0n) is 9.28. The normalized spacial score (nSPS) is 14.5. The van der Waals surface area contributed by atoms with Gasteiger partial charge in [-0.2, -0.15) is 13.2 Å². The number of hydrogen-bond donors (Lipinski definition) is 0. The van der Waals surface area contributed by atoms with E-state index in [1.54, 1.807) is 0 Å². The number of aromatic nitrogens is 2. The quantitative estimate of drug-likeness (QED) is 0.632. The number of alkyl halides is 4. The fourth-order valence-corrected chi connectivity index (χ4v) is 2.80. The number of sulfone groups is 1. The van der Waals surface area contributed by atoms with Gasteiger partial charge in [0.15, 0.2) is 0 Å². The van der Waals surface area contributed by atoms with E-state index in [4.69, 9.17) is 11.6 Å². The van der Waals surface area contributed by atoms with Crippen molar-refractivity contribution in [1.82, 2.24) is 9.97 Å². The molecule has 0 fully saturated rings. The van der Waals surface area contributed by atoms with E-state index in [-0.39, 0.29) is 12.3 Å². The molecule has 0 aromatic carbocycles. The van der Waals surface area contributed by atoms with Gasteiger partial charge in [-0.15, -0.1) is 11.6 Å². The molecule has 0 N–H and O–H groups in total. The Hall–Kier alpha value is -0.890. The first-order chi connectivity index (χ1) is 8.19. The molecule has 9 heteroatoms. The molecule has 0 bridgehead atoms. The second-order valence-electron chi connectivity index (χ2n) is 3.56. The fourth-order valence-electron chi connectivity index (χ4n) is 1.12. The van der Waals surface area contributed by atoms with Crippen molar-refractivity contribution in [3.05, 3.63) is 18.0 Å². The average Bonchev–Trinajstić information content (AvgIpc) is 2.28. The number of rotatable bonds is 4. The summed E-state index contributed by atoms with van der Waals surface area (Å²) in [6, 6.07) is 0.616. The van der Waals surface area contributed by atoms with Gasteiger partial charge in [0.1, 0.15) is 5.69 Å². The Balaban J connectivity index is 3.18. The van der Waals surface area contributed by atoms with Crippen LogP contribution in [0.15, 0.2) is 17.4 Å². The topological polar surface area (TPSA) is 59.9 Å². The van der Waals surface area contributed by atoms with E-state index in [2.05, 4.69) is 9.97 Å². The Morgan fingerprint density at radius 3 is 2.56 bits per heavy atom. The number of halogens is 4. The molecule has 102 valence electrons. The van der Waals surface area contributed by atoms with Crippen LogP contribution < -0.4 is 0 Å². The largest absolute Gasteiger partial charge is 0.433 e. The molecule has 0 spiro atoms. The second kappa shape index (κ2) is 5.40. The molecular weight excluding hydrogens is 293 g/mol. The van der Waals surface area contributed by atoms with Gasteiger partial charge in [0.2, 0.25) is 15.0 Å². The summed E-state index contributed by atoms with van der Waals surface area (Å²) in [5.74, 6) is 0.0827. The van der Waals surface area contributed by atoms with Crippen molar-refractivity contribution in [1.29, 1.82) is 0 Å². The molecule has 1 aromatic rings. The third-order valence-electron chi connectivity index (χ3n) is 2.22. The van der Waals surface area contributed by atoms with Gasteiger partial charge < -0.3 is 0 Å². The van der Waals surface area contributed by atoms with E-state index in [0.717, 1.165) is 6.20 Å². The minimum Gasteiger partial charge on any atom is -0.227 e. The molecule has 0 aliphatic rings. The van der Waals surface area contributed by atoms with Crippen LogP contribution >= 0.6 is 11.6 Å². The van der Waals surface area contributed by atoms with E-state index in [0.29, 0.717) is 6.07 Å². The lowest BCUT2D eigenvalue weighted by Gasteiger charge is -2.11. The second-order valence-corrected chi connectivity index (χ2v) is 6.19. The third-order valence-corrected chi connectivity index (χ3v) is 4.44. The van der Waals surface area contributed by atoms with E-state index < -0.39 is 32.1 Å². The van der Waals surface area contributed by atoms with Gasteiger partial charge in [-0.05, 0) is 19.4 Å². The molecule has 1 aromatic heterocycles. The summed E-state index contributed by atoms with van der Waals surface area (Å²) in [6.07, 6.45) is -3.82. The van der Waals surface area contributed by atoms with Crippen LogP contribution in [0.1, 0.15) is 19.0 Å². The lowest BCUT2D eigenvalue weighted by molar-refractivity contribution is -0.141. The first kappa shape index (κ1) is 15.2. The van der Waals surface area contributed by atoms with Gasteiger partial charge in [0.25, 0.3) is 0 Å². The smallest absolute Gasteiger partial charge is 0.227 e. The van der Waals surface area contributed by atoms with Crippen LogP contribution in [0.3, 0.4) is 0 Å². The summed E-state index contributed by atoms with van der Waals surface area (Å²) in [4.78, 5) is 6.44. The number of hydrogen-bond acceptors (Lipinski definition) is 4. The van der Waals surface area contributed by atoms with E-state index >= 15 is 0 Å². The SMILES string of the molecule is CC(CCCl)S(=O)(=O)c1nccc(C(F)(F)F)n1. The molecular formula is C9H10ClF3N2O2S. The van der Waals surface area contributed by atoms with Gasteiger partial charge in [-0.1, -0.05) is 0 Å². The molecule has 0 aliphatic carbocycles. The van der Waals surface area contributed by atoms with Crippen molar-refractivity contribution in [3.8, 4) is 0 Å². The van der Waals surface area contributed by atoms with Crippen molar-refractivity contribution in [3.63, 3.8) is 0 Å². The summed E-state index contributed by atoms with van der Waals surface area (Å²) in [7, 11) is -3.99. The molecule has 18 heavy (non-hydrogen) atoms. The van der Waals surface area contributed by atoms with Crippen molar-refractivity contribution in [2.24, 2.45) is 0 Å². The molecule has 1 atom stereocenters. The molecule has 0 aliphatic heterocycles. The monoisotopic (exact) mass is 302 g/mol. The molecule has 4 nitrogen and oxygen atoms in total. The zero-order valence-corrected chi connectivity index (χ0v) is 10.8. The van der Waals surface area contributed by atoms with Gasteiger partial charge in [-0.3, -0.25) is 0 Å². The maximum atomic E-state index is 12.4. The molecule has 1 heterocycles. The lowest BCUT2D eigenvalue weighted by Crippen LogP contribution is -2.22.